The van der Waals surface area contributed by atoms with Gasteiger partial charge < -0.3 is 9.84 Å². The molecular weight excluding hydrogens is 216 g/mol. The highest BCUT2D eigenvalue weighted by Gasteiger charge is 2.28. The lowest BCUT2D eigenvalue weighted by Crippen LogP contribution is -2.23. The van der Waals surface area contributed by atoms with Gasteiger partial charge in [0.15, 0.2) is 5.82 Å². The molecule has 1 atom stereocenters. The first-order valence-electron chi connectivity index (χ1n) is 6.56. The van der Waals surface area contributed by atoms with Crippen molar-refractivity contribution in [3.05, 3.63) is 11.7 Å². The SMILES string of the molecule is CCN1CCCC1c1noc(CCCNC)n1. The van der Waals surface area contributed by atoms with Crippen LogP contribution in [0.3, 0.4) is 0 Å². The van der Waals surface area contributed by atoms with Crippen molar-refractivity contribution in [1.29, 1.82) is 0 Å². The maximum atomic E-state index is 5.30. The maximum absolute atomic E-state index is 5.30. The number of rotatable bonds is 6. The minimum atomic E-state index is 0.377. The standard InChI is InChI=1S/C12H22N4O/c1-3-16-9-5-6-10(16)12-14-11(17-15-12)7-4-8-13-2/h10,13H,3-9H2,1-2H3. The summed E-state index contributed by atoms with van der Waals surface area (Å²) in [7, 11) is 1.96. The minimum absolute atomic E-state index is 0.377. The predicted octanol–water partition coefficient (Wildman–Crippen LogP) is 1.38. The van der Waals surface area contributed by atoms with E-state index in [0.717, 1.165) is 50.6 Å². The average molecular weight is 238 g/mol. The van der Waals surface area contributed by atoms with Crippen LogP contribution in [0.1, 0.15) is 43.9 Å². The van der Waals surface area contributed by atoms with Crippen molar-refractivity contribution in [2.75, 3.05) is 26.7 Å². The Kier molecular flexibility index (Phi) is 4.50. The molecular formula is C12H22N4O. The average Bonchev–Trinajstić information content (AvgIpc) is 2.96. The molecule has 96 valence electrons. The first kappa shape index (κ1) is 12.5. The van der Waals surface area contributed by atoms with Crippen molar-refractivity contribution in [3.8, 4) is 0 Å². The minimum Gasteiger partial charge on any atom is -0.339 e. The molecule has 0 bridgehead atoms. The molecule has 5 heteroatoms. The van der Waals surface area contributed by atoms with Crippen molar-refractivity contribution in [2.24, 2.45) is 0 Å². The molecule has 0 aromatic carbocycles. The highest BCUT2D eigenvalue weighted by molar-refractivity contribution is 4.98. The maximum Gasteiger partial charge on any atom is 0.226 e. The van der Waals surface area contributed by atoms with Gasteiger partial charge in [0.05, 0.1) is 6.04 Å². The van der Waals surface area contributed by atoms with E-state index in [4.69, 9.17) is 4.52 Å². The van der Waals surface area contributed by atoms with Gasteiger partial charge in [-0.15, -0.1) is 0 Å². The van der Waals surface area contributed by atoms with Crippen LogP contribution in [-0.2, 0) is 6.42 Å². The molecule has 1 saturated heterocycles. The van der Waals surface area contributed by atoms with Crippen LogP contribution in [0.15, 0.2) is 4.52 Å². The Hall–Kier alpha value is -0.940. The molecule has 0 saturated carbocycles. The van der Waals surface area contributed by atoms with Gasteiger partial charge >= 0.3 is 0 Å². The summed E-state index contributed by atoms with van der Waals surface area (Å²) < 4.78 is 5.30. The third-order valence-electron chi connectivity index (χ3n) is 3.37. The molecule has 5 nitrogen and oxygen atoms in total. The van der Waals surface area contributed by atoms with Gasteiger partial charge in [0.1, 0.15) is 0 Å². The first-order valence-corrected chi connectivity index (χ1v) is 6.56. The lowest BCUT2D eigenvalue weighted by molar-refractivity contribution is 0.254. The summed E-state index contributed by atoms with van der Waals surface area (Å²) in [6, 6.07) is 0.377. The Bertz CT molecular complexity index is 339. The molecule has 0 spiro atoms. The fourth-order valence-corrected chi connectivity index (χ4v) is 2.42. The second-order valence-corrected chi connectivity index (χ2v) is 4.54. The van der Waals surface area contributed by atoms with Crippen LogP contribution < -0.4 is 5.32 Å². The number of nitrogens with zero attached hydrogens (tertiary/aromatic N) is 3. The van der Waals surface area contributed by atoms with E-state index in [-0.39, 0.29) is 0 Å². The van der Waals surface area contributed by atoms with Gasteiger partial charge in [0.25, 0.3) is 0 Å². The van der Waals surface area contributed by atoms with Crippen LogP contribution in [0, 0.1) is 0 Å². The number of nitrogens with one attached hydrogen (secondary N) is 1. The first-order chi connectivity index (χ1) is 8.35. The Labute approximate surface area is 103 Å². The zero-order valence-corrected chi connectivity index (χ0v) is 10.8. The number of likely N-dealkylation sites (tertiary alicyclic amines) is 1. The molecule has 2 heterocycles. The second-order valence-electron chi connectivity index (χ2n) is 4.54. The summed E-state index contributed by atoms with van der Waals surface area (Å²) in [5.41, 5.74) is 0. The van der Waals surface area contributed by atoms with Gasteiger partial charge in [-0.1, -0.05) is 12.1 Å². The fourth-order valence-electron chi connectivity index (χ4n) is 2.42. The topological polar surface area (TPSA) is 54.2 Å². The lowest BCUT2D eigenvalue weighted by Gasteiger charge is -2.18. The van der Waals surface area contributed by atoms with E-state index in [2.05, 4.69) is 27.3 Å². The predicted molar refractivity (Wildman–Crippen MR) is 65.8 cm³/mol. The van der Waals surface area contributed by atoms with E-state index < -0.39 is 0 Å². The summed E-state index contributed by atoms with van der Waals surface area (Å²) in [5, 5.41) is 7.24. The molecule has 1 fully saturated rings. The number of hydrogen-bond acceptors (Lipinski definition) is 5. The highest BCUT2D eigenvalue weighted by atomic mass is 16.5. The molecule has 1 N–H and O–H groups in total. The van der Waals surface area contributed by atoms with E-state index >= 15 is 0 Å². The van der Waals surface area contributed by atoms with Crippen LogP contribution in [0.5, 0.6) is 0 Å². The van der Waals surface area contributed by atoms with E-state index in [1.165, 1.54) is 6.42 Å². The molecule has 1 aliphatic rings. The van der Waals surface area contributed by atoms with E-state index in [1.54, 1.807) is 0 Å². The normalized spacial score (nSPS) is 21.2. The highest BCUT2D eigenvalue weighted by Crippen LogP contribution is 2.29. The van der Waals surface area contributed by atoms with Crippen LogP contribution in [0.25, 0.3) is 0 Å². The van der Waals surface area contributed by atoms with Gasteiger partial charge in [-0.25, -0.2) is 0 Å². The molecule has 1 aromatic heterocycles. The van der Waals surface area contributed by atoms with Gasteiger partial charge in [-0.2, -0.15) is 4.98 Å². The number of aromatic nitrogens is 2. The van der Waals surface area contributed by atoms with Crippen LogP contribution >= 0.6 is 0 Å². The monoisotopic (exact) mass is 238 g/mol. The van der Waals surface area contributed by atoms with Crippen molar-refractivity contribution in [2.45, 2.75) is 38.6 Å². The van der Waals surface area contributed by atoms with Crippen molar-refractivity contribution in [3.63, 3.8) is 0 Å². The summed E-state index contributed by atoms with van der Waals surface area (Å²) in [6.45, 7) is 5.40. The third kappa shape index (κ3) is 3.04. The Balaban J connectivity index is 1.93. The Morgan fingerprint density at radius 1 is 1.53 bits per heavy atom. The zero-order valence-electron chi connectivity index (χ0n) is 10.8. The molecule has 17 heavy (non-hydrogen) atoms. The lowest BCUT2D eigenvalue weighted by atomic mass is 10.2. The van der Waals surface area contributed by atoms with Gasteiger partial charge in [0.2, 0.25) is 5.89 Å². The Morgan fingerprint density at radius 3 is 3.18 bits per heavy atom. The molecule has 1 aliphatic heterocycles. The molecule has 0 amide bonds. The van der Waals surface area contributed by atoms with Gasteiger partial charge in [-0.3, -0.25) is 4.90 Å². The smallest absolute Gasteiger partial charge is 0.226 e. The zero-order chi connectivity index (χ0) is 12.1. The molecule has 0 aliphatic carbocycles. The van der Waals surface area contributed by atoms with Gasteiger partial charge in [-0.05, 0) is 45.9 Å². The summed E-state index contributed by atoms with van der Waals surface area (Å²) in [4.78, 5) is 6.93. The van der Waals surface area contributed by atoms with Crippen LogP contribution in [0.2, 0.25) is 0 Å². The van der Waals surface area contributed by atoms with Crippen LogP contribution in [0.4, 0.5) is 0 Å². The summed E-state index contributed by atoms with van der Waals surface area (Å²) in [5.74, 6) is 1.65. The van der Waals surface area contributed by atoms with E-state index in [9.17, 15) is 0 Å². The molecule has 0 radical (unpaired) electrons. The van der Waals surface area contributed by atoms with E-state index in [0.29, 0.717) is 6.04 Å². The quantitative estimate of drug-likeness (QED) is 0.759. The second kappa shape index (κ2) is 6.12. The van der Waals surface area contributed by atoms with Gasteiger partial charge in [0, 0.05) is 6.42 Å². The van der Waals surface area contributed by atoms with Crippen LogP contribution in [-0.4, -0.2) is 41.7 Å². The van der Waals surface area contributed by atoms with E-state index in [1.807, 2.05) is 7.05 Å². The van der Waals surface area contributed by atoms with Crippen molar-refractivity contribution < 1.29 is 4.52 Å². The summed E-state index contributed by atoms with van der Waals surface area (Å²) >= 11 is 0. The van der Waals surface area contributed by atoms with Crippen molar-refractivity contribution >= 4 is 0 Å². The molecule has 2 rings (SSSR count). The summed E-state index contributed by atoms with van der Waals surface area (Å²) in [6.07, 6.45) is 4.30. The molecule has 1 aromatic rings. The Morgan fingerprint density at radius 2 is 2.41 bits per heavy atom. The van der Waals surface area contributed by atoms with Crippen molar-refractivity contribution in [1.82, 2.24) is 20.4 Å². The number of hydrogen-bond donors (Lipinski definition) is 1. The number of aryl methyl sites for hydroxylation is 1. The largest absolute Gasteiger partial charge is 0.339 e. The molecule has 1 unspecified atom stereocenters. The fraction of sp³-hybridized carbons (Fsp3) is 0.833. The third-order valence-corrected chi connectivity index (χ3v) is 3.37.